The summed E-state index contributed by atoms with van der Waals surface area (Å²) in [5.41, 5.74) is 14.6. The molecule has 0 aliphatic rings. The molecule has 3 heteroatoms. The predicted molar refractivity (Wildman–Crippen MR) is 233 cm³/mol. The van der Waals surface area contributed by atoms with E-state index in [9.17, 15) is 0 Å². The van der Waals surface area contributed by atoms with E-state index in [1.165, 1.54) is 22.3 Å². The lowest BCUT2D eigenvalue weighted by Gasteiger charge is -2.14. The molecule has 0 aliphatic carbocycles. The average Bonchev–Trinajstić information content (AvgIpc) is 3.29. The second-order valence-corrected chi connectivity index (χ2v) is 14.1. The third-order valence-electron chi connectivity index (χ3n) is 10.5. The van der Waals surface area contributed by atoms with E-state index in [-0.39, 0.29) is 0 Å². The topological polar surface area (TPSA) is 38.7 Å². The Morgan fingerprint density at radius 1 is 0.214 bits per heavy atom. The highest BCUT2D eigenvalue weighted by atomic mass is 14.7. The molecule has 3 aromatic heterocycles. The van der Waals surface area contributed by atoms with Gasteiger partial charge in [0.1, 0.15) is 0 Å². The van der Waals surface area contributed by atoms with Gasteiger partial charge >= 0.3 is 0 Å². The number of fused-ring (bicyclic) bond motifs is 2. The highest BCUT2D eigenvalue weighted by Gasteiger charge is 2.15. The molecule has 0 saturated heterocycles. The van der Waals surface area contributed by atoms with Crippen molar-refractivity contribution in [3.05, 3.63) is 213 Å². The minimum absolute atomic E-state index is 0.906. The summed E-state index contributed by atoms with van der Waals surface area (Å²) in [4.78, 5) is 15.2. The Hall–Kier alpha value is -7.49. The van der Waals surface area contributed by atoms with Crippen LogP contribution in [0.15, 0.2) is 213 Å². The maximum absolute atomic E-state index is 5.31. The van der Waals surface area contributed by atoms with Crippen LogP contribution >= 0.6 is 0 Å². The van der Waals surface area contributed by atoms with Crippen LogP contribution in [0.5, 0.6) is 0 Å². The molecule has 0 fully saturated rings. The first kappa shape index (κ1) is 33.1. The fraction of sp³-hybridized carbons (Fsp3) is 0. The van der Waals surface area contributed by atoms with Gasteiger partial charge < -0.3 is 0 Å². The van der Waals surface area contributed by atoms with E-state index in [4.69, 9.17) is 15.0 Å². The van der Waals surface area contributed by atoms with Gasteiger partial charge in [0, 0.05) is 45.4 Å². The largest absolute Gasteiger partial charge is 0.256 e. The monoisotopic (exact) mass is 713 g/mol. The smallest absolute Gasteiger partial charge is 0.0715 e. The normalized spacial score (nSPS) is 11.2. The molecule has 0 spiro atoms. The summed E-state index contributed by atoms with van der Waals surface area (Å²) in [5.74, 6) is 0. The minimum atomic E-state index is 0.906. The summed E-state index contributed by atoms with van der Waals surface area (Å²) in [6.07, 6.45) is 3.93. The molecule has 7 aromatic carbocycles. The Bertz CT molecular complexity index is 2790. The van der Waals surface area contributed by atoms with Gasteiger partial charge in [-0.15, -0.1) is 0 Å². The van der Waals surface area contributed by atoms with Crippen LogP contribution in [-0.4, -0.2) is 15.0 Å². The van der Waals surface area contributed by atoms with Crippen LogP contribution in [0, 0.1) is 0 Å². The molecular formula is C53H35N3. The summed E-state index contributed by atoms with van der Waals surface area (Å²) in [6.45, 7) is 0. The molecule has 0 atom stereocenters. The van der Waals surface area contributed by atoms with Gasteiger partial charge in [0.25, 0.3) is 0 Å². The van der Waals surface area contributed by atoms with Crippen molar-refractivity contribution < 1.29 is 0 Å². The first-order valence-corrected chi connectivity index (χ1v) is 18.9. The van der Waals surface area contributed by atoms with Crippen molar-refractivity contribution in [3.63, 3.8) is 0 Å². The van der Waals surface area contributed by atoms with Gasteiger partial charge in [0.05, 0.1) is 22.8 Å². The van der Waals surface area contributed by atoms with Crippen LogP contribution < -0.4 is 0 Å². The molecule has 0 radical (unpaired) electrons. The van der Waals surface area contributed by atoms with Crippen molar-refractivity contribution >= 4 is 21.5 Å². The number of hydrogen-bond acceptors (Lipinski definition) is 3. The van der Waals surface area contributed by atoms with E-state index >= 15 is 0 Å². The highest BCUT2D eigenvalue weighted by Crippen LogP contribution is 2.37. The van der Waals surface area contributed by atoms with E-state index in [0.717, 1.165) is 77.7 Å². The molecule has 0 bridgehead atoms. The minimum Gasteiger partial charge on any atom is -0.256 e. The number of hydrogen-bond donors (Lipinski definition) is 0. The van der Waals surface area contributed by atoms with Crippen molar-refractivity contribution in [3.8, 4) is 78.4 Å². The first-order chi connectivity index (χ1) is 27.7. The van der Waals surface area contributed by atoms with Crippen LogP contribution in [0.3, 0.4) is 0 Å². The third-order valence-corrected chi connectivity index (χ3v) is 10.5. The van der Waals surface area contributed by atoms with Crippen LogP contribution in [-0.2, 0) is 0 Å². The molecule has 0 N–H and O–H groups in total. The van der Waals surface area contributed by atoms with Gasteiger partial charge in [0.15, 0.2) is 0 Å². The van der Waals surface area contributed by atoms with Gasteiger partial charge in [-0.2, -0.15) is 0 Å². The quantitative estimate of drug-likeness (QED) is 0.165. The number of benzene rings is 7. The third kappa shape index (κ3) is 6.63. The molecule has 56 heavy (non-hydrogen) atoms. The number of pyridine rings is 3. The highest BCUT2D eigenvalue weighted by molar-refractivity contribution is 5.90. The lowest BCUT2D eigenvalue weighted by molar-refractivity contribution is 1.32. The number of nitrogens with zero attached hydrogens (tertiary/aromatic N) is 3. The van der Waals surface area contributed by atoms with E-state index in [2.05, 4.69) is 188 Å². The van der Waals surface area contributed by atoms with Crippen LogP contribution in [0.4, 0.5) is 0 Å². The zero-order chi connectivity index (χ0) is 37.3. The molecule has 10 aromatic rings. The SMILES string of the molecule is c1ccc(-c2ccc(-c3cc(-c4cc(-c5cc6ccccc6cn5)cc(-c5cc6ccccc6cn5)c4)cc(-c4ccc(-c5ccccc5)cc4)n3)cc2)cc1. The second kappa shape index (κ2) is 14.4. The molecule has 262 valence electrons. The van der Waals surface area contributed by atoms with Crippen molar-refractivity contribution in [2.24, 2.45) is 0 Å². The lowest BCUT2D eigenvalue weighted by Crippen LogP contribution is -1.94. The van der Waals surface area contributed by atoms with Gasteiger partial charge in [-0.05, 0) is 86.6 Å². The Labute approximate surface area is 326 Å². The summed E-state index contributed by atoms with van der Waals surface area (Å²) < 4.78 is 0. The van der Waals surface area contributed by atoms with Crippen LogP contribution in [0.25, 0.3) is 100.0 Å². The summed E-state index contributed by atoms with van der Waals surface area (Å²) in [7, 11) is 0. The first-order valence-electron chi connectivity index (χ1n) is 18.9. The predicted octanol–water partition coefficient (Wildman–Crippen LogP) is 13.8. The Morgan fingerprint density at radius 2 is 0.554 bits per heavy atom. The van der Waals surface area contributed by atoms with Crippen molar-refractivity contribution in [1.82, 2.24) is 15.0 Å². The Kier molecular flexibility index (Phi) is 8.51. The molecular weight excluding hydrogens is 679 g/mol. The van der Waals surface area contributed by atoms with Crippen molar-refractivity contribution in [2.75, 3.05) is 0 Å². The molecule has 0 saturated carbocycles. The average molecular weight is 714 g/mol. The van der Waals surface area contributed by atoms with E-state index in [1.54, 1.807) is 0 Å². The molecule has 0 aliphatic heterocycles. The Balaban J connectivity index is 1.15. The molecule has 3 heterocycles. The number of rotatable bonds is 7. The standard InChI is InChI=1S/C53H35N3/c1-3-11-36(12-4-1)38-19-23-40(24-20-38)52-32-47(33-53(56-52)41-25-21-39(22-26-41)37-13-5-2-6-14-37)46-27-48(50-30-42-15-7-9-17-44(42)34-54-50)29-49(28-46)51-31-43-16-8-10-18-45(43)35-55-51/h1-35H. The molecule has 0 unspecified atom stereocenters. The van der Waals surface area contributed by atoms with E-state index in [1.807, 2.05) is 24.5 Å². The van der Waals surface area contributed by atoms with Gasteiger partial charge in [-0.3, -0.25) is 9.97 Å². The lowest BCUT2D eigenvalue weighted by atomic mass is 9.93. The van der Waals surface area contributed by atoms with Gasteiger partial charge in [-0.1, -0.05) is 158 Å². The van der Waals surface area contributed by atoms with Crippen molar-refractivity contribution in [1.29, 1.82) is 0 Å². The molecule has 10 rings (SSSR count). The zero-order valence-electron chi connectivity index (χ0n) is 30.5. The fourth-order valence-electron chi connectivity index (χ4n) is 7.49. The molecule has 0 amide bonds. The van der Waals surface area contributed by atoms with E-state index < -0.39 is 0 Å². The Morgan fingerprint density at radius 3 is 1.00 bits per heavy atom. The van der Waals surface area contributed by atoms with Gasteiger partial charge in [-0.25, -0.2) is 4.98 Å². The number of aromatic nitrogens is 3. The maximum Gasteiger partial charge on any atom is 0.0715 e. The molecule has 3 nitrogen and oxygen atoms in total. The summed E-state index contributed by atoms with van der Waals surface area (Å²) in [5, 5.41) is 4.53. The maximum atomic E-state index is 5.31. The zero-order valence-corrected chi connectivity index (χ0v) is 30.5. The summed E-state index contributed by atoms with van der Waals surface area (Å²) >= 11 is 0. The fourth-order valence-corrected chi connectivity index (χ4v) is 7.49. The van der Waals surface area contributed by atoms with Crippen molar-refractivity contribution in [2.45, 2.75) is 0 Å². The van der Waals surface area contributed by atoms with Crippen LogP contribution in [0.2, 0.25) is 0 Å². The second-order valence-electron chi connectivity index (χ2n) is 14.1. The summed E-state index contributed by atoms with van der Waals surface area (Å²) in [6, 6.07) is 70.7. The van der Waals surface area contributed by atoms with Crippen LogP contribution in [0.1, 0.15) is 0 Å². The van der Waals surface area contributed by atoms with Gasteiger partial charge in [0.2, 0.25) is 0 Å². The van der Waals surface area contributed by atoms with E-state index in [0.29, 0.717) is 0 Å².